The molecule has 0 aliphatic heterocycles. The van der Waals surface area contributed by atoms with E-state index >= 15 is 0 Å². The van der Waals surface area contributed by atoms with E-state index in [-0.39, 0.29) is 16.9 Å². The normalized spacial score (nSPS) is 61.2. The Morgan fingerprint density at radius 1 is 0.773 bits per heavy atom. The van der Waals surface area contributed by atoms with Crippen LogP contribution in [-0.2, 0) is 0 Å². The highest BCUT2D eigenvalue weighted by molar-refractivity contribution is 5.10. The number of aliphatic hydroxyl groups is 3. The minimum absolute atomic E-state index is 0.109. The molecule has 3 N–H and O–H groups in total. The third-order valence-corrected chi connectivity index (χ3v) is 8.63. The number of fused-ring (bicyclic) bond motifs is 5. The summed E-state index contributed by atoms with van der Waals surface area (Å²) in [5, 5.41) is 30.8. The highest BCUT2D eigenvalue weighted by Crippen LogP contribution is 2.66. The van der Waals surface area contributed by atoms with Gasteiger partial charge in [-0.3, -0.25) is 0 Å². The SMILES string of the molecule is C[C@]12C[C@@H](O)[C@H](O)C[C@@H]1CC[C@@H]1[C@@H]2CC[C@]2(C)[C@@H](O)CC[C@@H]12. The molecule has 9 atom stereocenters. The van der Waals surface area contributed by atoms with Crippen LogP contribution in [0.4, 0.5) is 0 Å². The summed E-state index contributed by atoms with van der Waals surface area (Å²) in [6.07, 6.45) is 7.35. The highest BCUT2D eigenvalue weighted by atomic mass is 16.3. The standard InChI is InChI=1S/C19H32O3/c1-18-8-7-14-12(13(18)5-6-17(18)22)4-3-11-9-15(20)16(21)10-19(11,14)2/h11-17,20-22H,3-10H2,1-2H3/t11-,12-,13-,14-,15+,16+,17-,18-,19-/m0/s1. The zero-order chi connectivity index (χ0) is 15.7. The maximum absolute atomic E-state index is 10.5. The third-order valence-electron chi connectivity index (χ3n) is 8.63. The van der Waals surface area contributed by atoms with Gasteiger partial charge in [-0.05, 0) is 85.9 Å². The Morgan fingerprint density at radius 2 is 1.50 bits per heavy atom. The molecule has 0 aromatic carbocycles. The summed E-state index contributed by atoms with van der Waals surface area (Å²) >= 11 is 0. The second-order valence-electron chi connectivity index (χ2n) is 9.37. The van der Waals surface area contributed by atoms with Gasteiger partial charge in [-0.25, -0.2) is 0 Å². The van der Waals surface area contributed by atoms with Crippen molar-refractivity contribution < 1.29 is 15.3 Å². The Morgan fingerprint density at radius 3 is 2.27 bits per heavy atom. The van der Waals surface area contributed by atoms with E-state index in [2.05, 4.69) is 13.8 Å². The van der Waals surface area contributed by atoms with Crippen LogP contribution in [0.1, 0.15) is 65.2 Å². The van der Waals surface area contributed by atoms with Gasteiger partial charge >= 0.3 is 0 Å². The van der Waals surface area contributed by atoms with E-state index in [1.165, 1.54) is 25.7 Å². The third kappa shape index (κ3) is 1.91. The summed E-state index contributed by atoms with van der Waals surface area (Å²) in [6, 6.07) is 0. The number of hydrogen-bond acceptors (Lipinski definition) is 3. The van der Waals surface area contributed by atoms with Crippen molar-refractivity contribution in [1.29, 1.82) is 0 Å². The number of rotatable bonds is 0. The van der Waals surface area contributed by atoms with Gasteiger partial charge in [0.05, 0.1) is 18.3 Å². The number of aliphatic hydroxyl groups excluding tert-OH is 3. The molecule has 22 heavy (non-hydrogen) atoms. The maximum Gasteiger partial charge on any atom is 0.0804 e. The second kappa shape index (κ2) is 4.94. The van der Waals surface area contributed by atoms with Gasteiger partial charge in [0.25, 0.3) is 0 Å². The zero-order valence-corrected chi connectivity index (χ0v) is 14.0. The topological polar surface area (TPSA) is 60.7 Å². The van der Waals surface area contributed by atoms with E-state index in [0.717, 1.165) is 31.6 Å². The molecule has 4 aliphatic carbocycles. The van der Waals surface area contributed by atoms with Gasteiger partial charge in [-0.1, -0.05) is 13.8 Å². The first kappa shape index (κ1) is 15.4. The maximum atomic E-state index is 10.5. The molecule has 0 aromatic rings. The second-order valence-corrected chi connectivity index (χ2v) is 9.37. The zero-order valence-electron chi connectivity index (χ0n) is 14.0. The molecule has 0 bridgehead atoms. The van der Waals surface area contributed by atoms with Crippen molar-refractivity contribution in [3.05, 3.63) is 0 Å². The van der Waals surface area contributed by atoms with Crippen LogP contribution in [0, 0.1) is 34.5 Å². The molecule has 0 spiro atoms. The summed E-state index contributed by atoms with van der Waals surface area (Å²) in [6.45, 7) is 4.71. The average Bonchev–Trinajstić information content (AvgIpc) is 2.77. The fourth-order valence-electron chi connectivity index (χ4n) is 7.25. The molecule has 4 aliphatic rings. The molecular weight excluding hydrogens is 276 g/mol. The van der Waals surface area contributed by atoms with Gasteiger partial charge in [0, 0.05) is 0 Å². The van der Waals surface area contributed by atoms with Crippen molar-refractivity contribution in [3.8, 4) is 0 Å². The molecule has 0 radical (unpaired) electrons. The van der Waals surface area contributed by atoms with E-state index in [0.29, 0.717) is 17.8 Å². The Kier molecular flexibility index (Phi) is 3.46. The lowest BCUT2D eigenvalue weighted by Crippen LogP contribution is -2.57. The summed E-state index contributed by atoms with van der Waals surface area (Å²) in [7, 11) is 0. The predicted octanol–water partition coefficient (Wildman–Crippen LogP) is 2.72. The average molecular weight is 308 g/mol. The first-order chi connectivity index (χ1) is 10.4. The van der Waals surface area contributed by atoms with Gasteiger partial charge in [0.2, 0.25) is 0 Å². The number of hydrogen-bond donors (Lipinski definition) is 3. The van der Waals surface area contributed by atoms with Crippen molar-refractivity contribution in [2.45, 2.75) is 83.5 Å². The molecule has 4 saturated carbocycles. The molecule has 3 nitrogen and oxygen atoms in total. The molecule has 0 aromatic heterocycles. The molecule has 0 amide bonds. The van der Waals surface area contributed by atoms with Gasteiger partial charge in [-0.2, -0.15) is 0 Å². The minimum atomic E-state index is -0.539. The van der Waals surface area contributed by atoms with Gasteiger partial charge < -0.3 is 15.3 Å². The fraction of sp³-hybridized carbons (Fsp3) is 1.00. The Bertz CT molecular complexity index is 452. The predicted molar refractivity (Wildman–Crippen MR) is 85.1 cm³/mol. The molecule has 126 valence electrons. The van der Waals surface area contributed by atoms with Crippen LogP contribution >= 0.6 is 0 Å². The largest absolute Gasteiger partial charge is 0.393 e. The first-order valence-electron chi connectivity index (χ1n) is 9.40. The monoisotopic (exact) mass is 308 g/mol. The van der Waals surface area contributed by atoms with E-state index in [1.54, 1.807) is 0 Å². The van der Waals surface area contributed by atoms with E-state index in [9.17, 15) is 15.3 Å². The molecule has 4 rings (SSSR count). The van der Waals surface area contributed by atoms with Gasteiger partial charge in [0.1, 0.15) is 0 Å². The Balaban J connectivity index is 1.63. The molecule has 3 heteroatoms. The quantitative estimate of drug-likeness (QED) is 0.645. The summed E-state index contributed by atoms with van der Waals surface area (Å²) in [5.74, 6) is 2.64. The van der Waals surface area contributed by atoms with Crippen molar-refractivity contribution in [1.82, 2.24) is 0 Å². The van der Waals surface area contributed by atoms with Crippen molar-refractivity contribution in [2.75, 3.05) is 0 Å². The molecule has 0 unspecified atom stereocenters. The molecular formula is C19H32O3. The van der Waals surface area contributed by atoms with Crippen LogP contribution < -0.4 is 0 Å². The molecule has 4 fully saturated rings. The lowest BCUT2D eigenvalue weighted by atomic mass is 9.45. The smallest absolute Gasteiger partial charge is 0.0804 e. The van der Waals surface area contributed by atoms with Gasteiger partial charge in [0.15, 0.2) is 0 Å². The lowest BCUT2D eigenvalue weighted by Gasteiger charge is -2.61. The summed E-state index contributed by atoms with van der Waals surface area (Å²) in [5.41, 5.74) is 0.327. The highest BCUT2D eigenvalue weighted by Gasteiger charge is 2.60. The van der Waals surface area contributed by atoms with Crippen LogP contribution in [0.3, 0.4) is 0 Å². The van der Waals surface area contributed by atoms with Gasteiger partial charge in [-0.15, -0.1) is 0 Å². The van der Waals surface area contributed by atoms with Crippen molar-refractivity contribution >= 4 is 0 Å². The molecule has 0 heterocycles. The van der Waals surface area contributed by atoms with Crippen LogP contribution in [-0.4, -0.2) is 33.6 Å². The molecule has 0 saturated heterocycles. The van der Waals surface area contributed by atoms with Crippen LogP contribution in [0.15, 0.2) is 0 Å². The van der Waals surface area contributed by atoms with E-state index in [1.807, 2.05) is 0 Å². The van der Waals surface area contributed by atoms with Crippen LogP contribution in [0.2, 0.25) is 0 Å². The Labute approximate surface area is 134 Å². The minimum Gasteiger partial charge on any atom is -0.393 e. The Hall–Kier alpha value is -0.120. The first-order valence-corrected chi connectivity index (χ1v) is 9.40. The van der Waals surface area contributed by atoms with Crippen molar-refractivity contribution in [3.63, 3.8) is 0 Å². The van der Waals surface area contributed by atoms with E-state index in [4.69, 9.17) is 0 Å². The van der Waals surface area contributed by atoms with Crippen LogP contribution in [0.25, 0.3) is 0 Å². The van der Waals surface area contributed by atoms with Crippen molar-refractivity contribution in [2.24, 2.45) is 34.5 Å². The van der Waals surface area contributed by atoms with E-state index < -0.39 is 12.2 Å². The lowest BCUT2D eigenvalue weighted by molar-refractivity contribution is -0.162. The summed E-state index contributed by atoms with van der Waals surface area (Å²) < 4.78 is 0. The summed E-state index contributed by atoms with van der Waals surface area (Å²) in [4.78, 5) is 0. The fourth-order valence-corrected chi connectivity index (χ4v) is 7.25. The van der Waals surface area contributed by atoms with Crippen LogP contribution in [0.5, 0.6) is 0 Å².